The van der Waals surface area contributed by atoms with Crippen LogP contribution in [0.1, 0.15) is 28.7 Å². The van der Waals surface area contributed by atoms with E-state index in [1.54, 1.807) is 0 Å². The zero-order chi connectivity index (χ0) is 22.0. The number of rotatable bonds is 6. The second kappa shape index (κ2) is 8.73. The molecule has 0 aliphatic heterocycles. The Balaban J connectivity index is 2.04. The number of sulfonamides is 1. The summed E-state index contributed by atoms with van der Waals surface area (Å²) in [4.78, 5) is 11.6. The Morgan fingerprint density at radius 3 is 2.21 bits per heavy atom. The fourth-order valence-corrected chi connectivity index (χ4v) is 4.13. The highest BCUT2D eigenvalue weighted by molar-refractivity contribution is 7.89. The number of anilines is 1. The first-order chi connectivity index (χ1) is 13.3. The number of halogens is 4. The van der Waals surface area contributed by atoms with Gasteiger partial charge in [-0.3, -0.25) is 4.79 Å². The molecule has 29 heavy (non-hydrogen) atoms. The van der Waals surface area contributed by atoms with Gasteiger partial charge in [0.05, 0.1) is 15.5 Å². The van der Waals surface area contributed by atoms with Crippen molar-refractivity contribution >= 4 is 33.2 Å². The third kappa shape index (κ3) is 5.94. The molecule has 0 saturated carbocycles. The van der Waals surface area contributed by atoms with Crippen molar-refractivity contribution in [1.29, 1.82) is 0 Å². The number of amides is 1. The summed E-state index contributed by atoms with van der Waals surface area (Å²) in [5.74, 6) is -0.421. The SMILES string of the molecule is Cc1cc(C)c(NC(=O)CCNS(=O)(=O)c2ccc(Cl)c(C(F)(F)F)c2)c(C)c1. The fraction of sp³-hybridized carbons (Fsp3) is 0.316. The molecule has 0 aliphatic carbocycles. The van der Waals surface area contributed by atoms with Crippen LogP contribution in [0, 0.1) is 20.8 Å². The highest BCUT2D eigenvalue weighted by Gasteiger charge is 2.34. The van der Waals surface area contributed by atoms with E-state index in [9.17, 15) is 26.4 Å². The first-order valence-corrected chi connectivity index (χ1v) is 10.4. The molecular weight excluding hydrogens is 429 g/mol. The summed E-state index contributed by atoms with van der Waals surface area (Å²) in [5, 5.41) is 2.13. The topological polar surface area (TPSA) is 75.3 Å². The lowest BCUT2D eigenvalue weighted by Crippen LogP contribution is -2.28. The van der Waals surface area contributed by atoms with E-state index in [2.05, 4.69) is 10.0 Å². The monoisotopic (exact) mass is 448 g/mol. The van der Waals surface area contributed by atoms with Crippen molar-refractivity contribution in [2.75, 3.05) is 11.9 Å². The Morgan fingerprint density at radius 1 is 1.07 bits per heavy atom. The van der Waals surface area contributed by atoms with E-state index in [0.717, 1.165) is 28.8 Å². The maximum Gasteiger partial charge on any atom is 0.417 e. The number of aryl methyl sites for hydroxylation is 3. The van der Waals surface area contributed by atoms with Crippen LogP contribution in [0.5, 0.6) is 0 Å². The number of benzene rings is 2. The Morgan fingerprint density at radius 2 is 1.66 bits per heavy atom. The molecule has 0 aromatic heterocycles. The molecule has 0 saturated heterocycles. The van der Waals surface area contributed by atoms with Crippen LogP contribution in [0.25, 0.3) is 0 Å². The molecule has 2 N–H and O–H groups in total. The van der Waals surface area contributed by atoms with Crippen LogP contribution < -0.4 is 10.0 Å². The quantitative estimate of drug-likeness (QED) is 0.678. The van der Waals surface area contributed by atoms with Crippen molar-refractivity contribution in [2.24, 2.45) is 0 Å². The lowest BCUT2D eigenvalue weighted by atomic mass is 10.1. The molecule has 0 bridgehead atoms. The molecule has 2 aromatic carbocycles. The highest BCUT2D eigenvalue weighted by atomic mass is 35.5. The standard InChI is InChI=1S/C19H20ClF3N2O3S/c1-11-8-12(2)18(13(3)9-11)25-17(26)6-7-24-29(27,28)14-4-5-16(20)15(10-14)19(21,22)23/h4-5,8-10,24H,6-7H2,1-3H3,(H,25,26). The third-order valence-electron chi connectivity index (χ3n) is 4.14. The number of carbonyl (C=O) groups excluding carboxylic acids is 1. The molecule has 5 nitrogen and oxygen atoms in total. The van der Waals surface area contributed by atoms with Gasteiger partial charge in [-0.25, -0.2) is 13.1 Å². The van der Waals surface area contributed by atoms with Crippen molar-refractivity contribution in [3.05, 3.63) is 57.6 Å². The molecule has 0 radical (unpaired) electrons. The van der Waals surface area contributed by atoms with Crippen LogP contribution in [0.15, 0.2) is 35.2 Å². The van der Waals surface area contributed by atoms with Crippen molar-refractivity contribution in [1.82, 2.24) is 4.72 Å². The predicted molar refractivity (Wildman–Crippen MR) is 106 cm³/mol. The second-order valence-electron chi connectivity index (χ2n) is 6.61. The van der Waals surface area contributed by atoms with Gasteiger partial charge >= 0.3 is 6.18 Å². The van der Waals surface area contributed by atoms with E-state index in [4.69, 9.17) is 11.6 Å². The molecule has 2 aromatic rings. The zero-order valence-corrected chi connectivity index (χ0v) is 17.5. The van der Waals surface area contributed by atoms with Crippen LogP contribution in [-0.2, 0) is 21.0 Å². The number of nitrogens with one attached hydrogen (secondary N) is 2. The van der Waals surface area contributed by atoms with Gasteiger partial charge in [-0.1, -0.05) is 29.3 Å². The molecule has 0 fully saturated rings. The molecule has 1 amide bonds. The average molecular weight is 449 g/mol. The van der Waals surface area contributed by atoms with Gasteiger partial charge < -0.3 is 5.32 Å². The molecule has 0 atom stereocenters. The smallest absolute Gasteiger partial charge is 0.326 e. The average Bonchev–Trinajstić information content (AvgIpc) is 2.57. The largest absolute Gasteiger partial charge is 0.417 e. The maximum absolute atomic E-state index is 12.9. The number of hydrogen-bond acceptors (Lipinski definition) is 3. The first kappa shape index (κ1) is 23.2. The summed E-state index contributed by atoms with van der Waals surface area (Å²) in [7, 11) is -4.24. The van der Waals surface area contributed by atoms with E-state index in [0.29, 0.717) is 11.8 Å². The maximum atomic E-state index is 12.9. The van der Waals surface area contributed by atoms with Gasteiger partial charge in [0, 0.05) is 18.7 Å². The van der Waals surface area contributed by atoms with Crippen LogP contribution >= 0.6 is 11.6 Å². The second-order valence-corrected chi connectivity index (χ2v) is 8.78. The predicted octanol–water partition coefficient (Wildman–Crippen LogP) is 4.59. The zero-order valence-electron chi connectivity index (χ0n) is 15.9. The van der Waals surface area contributed by atoms with Gasteiger partial charge in [-0.2, -0.15) is 13.2 Å². The van der Waals surface area contributed by atoms with E-state index < -0.39 is 37.6 Å². The van der Waals surface area contributed by atoms with E-state index in [-0.39, 0.29) is 13.0 Å². The summed E-state index contributed by atoms with van der Waals surface area (Å²) < 4.78 is 65.4. The van der Waals surface area contributed by atoms with Crippen LogP contribution in [0.3, 0.4) is 0 Å². The van der Waals surface area contributed by atoms with Crippen molar-refractivity contribution < 1.29 is 26.4 Å². The minimum absolute atomic E-state index is 0.189. The Labute approximate surface area is 172 Å². The number of hydrogen-bond donors (Lipinski definition) is 2. The molecule has 0 aliphatic rings. The minimum atomic E-state index is -4.79. The number of alkyl halides is 3. The normalized spacial score (nSPS) is 12.1. The van der Waals surface area contributed by atoms with Crippen molar-refractivity contribution in [3.8, 4) is 0 Å². The molecule has 0 spiro atoms. The third-order valence-corrected chi connectivity index (χ3v) is 5.93. The van der Waals surface area contributed by atoms with Gasteiger partial charge in [-0.05, 0) is 50.1 Å². The van der Waals surface area contributed by atoms with E-state index >= 15 is 0 Å². The minimum Gasteiger partial charge on any atom is -0.326 e. The molecular formula is C19H20ClF3N2O3S. The van der Waals surface area contributed by atoms with Crippen LogP contribution in [0.4, 0.5) is 18.9 Å². The highest BCUT2D eigenvalue weighted by Crippen LogP contribution is 2.35. The summed E-state index contributed by atoms with van der Waals surface area (Å²) in [6, 6.07) is 6.12. The lowest BCUT2D eigenvalue weighted by molar-refractivity contribution is -0.137. The van der Waals surface area contributed by atoms with Gasteiger partial charge in [-0.15, -0.1) is 0 Å². The Hall–Kier alpha value is -2.10. The van der Waals surface area contributed by atoms with Gasteiger partial charge in [0.15, 0.2) is 0 Å². The van der Waals surface area contributed by atoms with Crippen LogP contribution in [0.2, 0.25) is 5.02 Å². The summed E-state index contributed by atoms with van der Waals surface area (Å²) in [6.07, 6.45) is -4.97. The fourth-order valence-electron chi connectivity index (χ4n) is 2.85. The first-order valence-electron chi connectivity index (χ1n) is 8.55. The van der Waals surface area contributed by atoms with Crippen molar-refractivity contribution in [2.45, 2.75) is 38.3 Å². The molecule has 10 heteroatoms. The molecule has 158 valence electrons. The van der Waals surface area contributed by atoms with E-state index in [1.807, 2.05) is 32.9 Å². The van der Waals surface area contributed by atoms with Crippen molar-refractivity contribution in [3.63, 3.8) is 0 Å². The Kier molecular flexibility index (Phi) is 6.97. The van der Waals surface area contributed by atoms with Gasteiger partial charge in [0.25, 0.3) is 0 Å². The molecule has 0 heterocycles. The van der Waals surface area contributed by atoms with E-state index in [1.165, 1.54) is 0 Å². The summed E-state index contributed by atoms with van der Waals surface area (Å²) in [5.41, 5.74) is 2.20. The summed E-state index contributed by atoms with van der Waals surface area (Å²) >= 11 is 5.50. The van der Waals surface area contributed by atoms with Crippen LogP contribution in [-0.4, -0.2) is 20.9 Å². The Bertz CT molecular complexity index is 1010. The van der Waals surface area contributed by atoms with Gasteiger partial charge in [0.2, 0.25) is 15.9 Å². The molecule has 0 unspecified atom stereocenters. The summed E-state index contributed by atoms with van der Waals surface area (Å²) in [6.45, 7) is 5.34. The van der Waals surface area contributed by atoms with Gasteiger partial charge in [0.1, 0.15) is 0 Å². The number of carbonyl (C=O) groups is 1. The molecule has 2 rings (SSSR count). The lowest BCUT2D eigenvalue weighted by Gasteiger charge is -2.14.